The lowest BCUT2D eigenvalue weighted by Crippen LogP contribution is -2.15. The molecule has 0 saturated carbocycles. The minimum Gasteiger partial charge on any atom is -0.497 e. The first kappa shape index (κ1) is 16.7. The van der Waals surface area contributed by atoms with Gasteiger partial charge in [0.05, 0.1) is 18.5 Å². The van der Waals surface area contributed by atoms with Gasteiger partial charge in [-0.25, -0.2) is 0 Å². The lowest BCUT2D eigenvalue weighted by atomic mass is 10.1. The van der Waals surface area contributed by atoms with Crippen molar-refractivity contribution in [2.45, 2.75) is 26.8 Å². The molecule has 0 unspecified atom stereocenters. The standard InChI is InChI=1S/C18H23N3O2/c1-11(2)20-17-7-5-13(10-15(17)19)18(22)21-16-8-6-14(23-4)9-12(16)3/h5-11,20H,19H2,1-4H3,(H,21,22). The molecule has 0 radical (unpaired) electrons. The van der Waals surface area contributed by atoms with Crippen molar-refractivity contribution in [1.82, 2.24) is 0 Å². The number of aryl methyl sites for hydroxylation is 1. The van der Waals surface area contributed by atoms with E-state index in [-0.39, 0.29) is 11.9 Å². The number of nitrogen functional groups attached to an aromatic ring is 1. The highest BCUT2D eigenvalue weighted by Gasteiger charge is 2.11. The molecule has 0 aliphatic heterocycles. The molecule has 5 nitrogen and oxygen atoms in total. The van der Waals surface area contributed by atoms with Gasteiger partial charge in [-0.15, -0.1) is 0 Å². The second-order valence-electron chi connectivity index (χ2n) is 5.74. The molecule has 0 heterocycles. The molecular formula is C18H23N3O2. The number of nitrogens with one attached hydrogen (secondary N) is 2. The molecule has 0 bridgehead atoms. The molecule has 0 aliphatic carbocycles. The number of ether oxygens (including phenoxy) is 1. The van der Waals surface area contributed by atoms with Crippen LogP contribution in [0.3, 0.4) is 0 Å². The Morgan fingerprint density at radius 2 is 1.83 bits per heavy atom. The van der Waals surface area contributed by atoms with Crippen molar-refractivity contribution in [3.63, 3.8) is 0 Å². The van der Waals surface area contributed by atoms with Gasteiger partial charge in [-0.05, 0) is 62.7 Å². The lowest BCUT2D eigenvalue weighted by Gasteiger charge is -2.14. The normalized spacial score (nSPS) is 10.5. The Balaban J connectivity index is 2.16. The predicted octanol–water partition coefficient (Wildman–Crippen LogP) is 3.66. The zero-order chi connectivity index (χ0) is 17.0. The summed E-state index contributed by atoms with van der Waals surface area (Å²) in [5.41, 5.74) is 9.60. The van der Waals surface area contributed by atoms with Crippen LogP contribution in [-0.2, 0) is 0 Å². The maximum Gasteiger partial charge on any atom is 0.255 e. The van der Waals surface area contributed by atoms with Gasteiger partial charge in [-0.1, -0.05) is 0 Å². The van der Waals surface area contributed by atoms with Crippen LogP contribution in [0.25, 0.3) is 0 Å². The highest BCUT2D eigenvalue weighted by Crippen LogP contribution is 2.24. The smallest absolute Gasteiger partial charge is 0.255 e. The topological polar surface area (TPSA) is 76.4 Å². The predicted molar refractivity (Wildman–Crippen MR) is 95.3 cm³/mol. The third kappa shape index (κ3) is 4.16. The third-order valence-electron chi connectivity index (χ3n) is 3.44. The number of benzene rings is 2. The Labute approximate surface area is 136 Å². The molecular weight excluding hydrogens is 290 g/mol. The zero-order valence-electron chi connectivity index (χ0n) is 13.9. The highest BCUT2D eigenvalue weighted by atomic mass is 16.5. The van der Waals surface area contributed by atoms with E-state index in [1.54, 1.807) is 19.2 Å². The van der Waals surface area contributed by atoms with Crippen LogP contribution in [0.1, 0.15) is 29.8 Å². The fourth-order valence-electron chi connectivity index (χ4n) is 2.24. The highest BCUT2D eigenvalue weighted by molar-refractivity contribution is 6.05. The average molecular weight is 313 g/mol. The molecule has 5 heteroatoms. The van der Waals surface area contributed by atoms with Gasteiger partial charge >= 0.3 is 0 Å². The molecule has 0 aliphatic rings. The first-order chi connectivity index (χ1) is 10.9. The van der Waals surface area contributed by atoms with Crippen LogP contribution in [0, 0.1) is 6.92 Å². The minimum atomic E-state index is -0.193. The fraction of sp³-hybridized carbons (Fsp3) is 0.278. The van der Waals surface area contributed by atoms with Crippen molar-refractivity contribution in [2.24, 2.45) is 0 Å². The maximum absolute atomic E-state index is 12.4. The number of carbonyl (C=O) groups is 1. The molecule has 1 amide bonds. The first-order valence-corrected chi connectivity index (χ1v) is 7.52. The van der Waals surface area contributed by atoms with Gasteiger partial charge in [0.2, 0.25) is 0 Å². The minimum absolute atomic E-state index is 0.193. The summed E-state index contributed by atoms with van der Waals surface area (Å²) in [6, 6.07) is 11.1. The second kappa shape index (κ2) is 7.05. The number of methoxy groups -OCH3 is 1. The largest absolute Gasteiger partial charge is 0.497 e. The van der Waals surface area contributed by atoms with Crippen LogP contribution >= 0.6 is 0 Å². The number of rotatable bonds is 5. The van der Waals surface area contributed by atoms with Crippen molar-refractivity contribution in [3.05, 3.63) is 47.5 Å². The zero-order valence-corrected chi connectivity index (χ0v) is 13.9. The van der Waals surface area contributed by atoms with E-state index in [0.717, 1.165) is 22.7 Å². The van der Waals surface area contributed by atoms with Crippen LogP contribution in [-0.4, -0.2) is 19.1 Å². The first-order valence-electron chi connectivity index (χ1n) is 7.52. The summed E-state index contributed by atoms with van der Waals surface area (Å²) in [5.74, 6) is 0.565. The Morgan fingerprint density at radius 3 is 2.39 bits per heavy atom. The number of anilines is 3. The molecule has 0 saturated heterocycles. The molecule has 2 rings (SSSR count). The summed E-state index contributed by atoms with van der Waals surface area (Å²) in [6.45, 7) is 5.99. The van der Waals surface area contributed by atoms with Crippen molar-refractivity contribution in [2.75, 3.05) is 23.5 Å². The molecule has 0 fully saturated rings. The third-order valence-corrected chi connectivity index (χ3v) is 3.44. The van der Waals surface area contributed by atoms with Crippen LogP contribution < -0.4 is 21.1 Å². The van der Waals surface area contributed by atoms with E-state index < -0.39 is 0 Å². The van der Waals surface area contributed by atoms with Gasteiger partial charge in [0, 0.05) is 17.3 Å². The summed E-state index contributed by atoms with van der Waals surface area (Å²) >= 11 is 0. The number of nitrogens with two attached hydrogens (primary N) is 1. The molecule has 23 heavy (non-hydrogen) atoms. The van der Waals surface area contributed by atoms with E-state index in [2.05, 4.69) is 10.6 Å². The SMILES string of the molecule is COc1ccc(NC(=O)c2ccc(NC(C)C)c(N)c2)c(C)c1. The fourth-order valence-corrected chi connectivity index (χ4v) is 2.24. The second-order valence-corrected chi connectivity index (χ2v) is 5.74. The molecule has 2 aromatic carbocycles. The van der Waals surface area contributed by atoms with Gasteiger partial charge in [-0.3, -0.25) is 4.79 Å². The average Bonchev–Trinajstić information content (AvgIpc) is 2.50. The van der Waals surface area contributed by atoms with Crippen molar-refractivity contribution < 1.29 is 9.53 Å². The van der Waals surface area contributed by atoms with Crippen LogP contribution in [0.15, 0.2) is 36.4 Å². The van der Waals surface area contributed by atoms with Gasteiger partial charge in [0.25, 0.3) is 5.91 Å². The van der Waals surface area contributed by atoms with Crippen molar-refractivity contribution in [3.8, 4) is 5.75 Å². The summed E-state index contributed by atoms with van der Waals surface area (Å²) in [6.07, 6.45) is 0. The quantitative estimate of drug-likeness (QED) is 0.736. The number of carbonyl (C=O) groups excluding carboxylic acids is 1. The summed E-state index contributed by atoms with van der Waals surface area (Å²) in [5, 5.41) is 6.13. The van der Waals surface area contributed by atoms with E-state index in [1.807, 2.05) is 45.0 Å². The molecule has 0 spiro atoms. The van der Waals surface area contributed by atoms with Crippen LogP contribution in [0.2, 0.25) is 0 Å². The number of hydrogen-bond donors (Lipinski definition) is 3. The monoisotopic (exact) mass is 313 g/mol. The summed E-state index contributed by atoms with van der Waals surface area (Å²) < 4.78 is 5.16. The van der Waals surface area contributed by atoms with Gasteiger partial charge < -0.3 is 21.1 Å². The van der Waals surface area contributed by atoms with Gasteiger partial charge in [0.1, 0.15) is 5.75 Å². The lowest BCUT2D eigenvalue weighted by molar-refractivity contribution is 0.102. The molecule has 122 valence electrons. The Bertz CT molecular complexity index is 711. The molecule has 0 atom stereocenters. The van der Waals surface area contributed by atoms with E-state index in [0.29, 0.717) is 11.3 Å². The van der Waals surface area contributed by atoms with E-state index in [1.165, 1.54) is 0 Å². The number of amides is 1. The molecule has 4 N–H and O–H groups in total. The Morgan fingerprint density at radius 1 is 1.13 bits per heavy atom. The summed E-state index contributed by atoms with van der Waals surface area (Å²) in [4.78, 5) is 12.4. The van der Waals surface area contributed by atoms with Crippen LogP contribution in [0.5, 0.6) is 5.75 Å². The van der Waals surface area contributed by atoms with Gasteiger partial charge in [0.15, 0.2) is 0 Å². The Hall–Kier alpha value is -2.69. The van der Waals surface area contributed by atoms with Crippen molar-refractivity contribution >= 4 is 23.0 Å². The van der Waals surface area contributed by atoms with Gasteiger partial charge in [-0.2, -0.15) is 0 Å². The number of hydrogen-bond acceptors (Lipinski definition) is 4. The maximum atomic E-state index is 12.4. The Kier molecular flexibility index (Phi) is 5.11. The van der Waals surface area contributed by atoms with E-state index in [9.17, 15) is 4.79 Å². The summed E-state index contributed by atoms with van der Waals surface area (Å²) in [7, 11) is 1.61. The van der Waals surface area contributed by atoms with E-state index >= 15 is 0 Å². The molecule has 2 aromatic rings. The van der Waals surface area contributed by atoms with Crippen molar-refractivity contribution in [1.29, 1.82) is 0 Å². The molecule has 0 aromatic heterocycles. The van der Waals surface area contributed by atoms with Crippen LogP contribution in [0.4, 0.5) is 17.1 Å². The van der Waals surface area contributed by atoms with E-state index in [4.69, 9.17) is 10.5 Å².